The maximum atomic E-state index is 13.5. The average molecular weight is 611 g/mol. The number of urea groups is 1. The van der Waals surface area contributed by atoms with E-state index in [-0.39, 0.29) is 48.0 Å². The standard InChI is InChI=1S/C31H38N4O7S/c1-21-18-35(22(2)20-36)30(37)17-23-16-25(33-43(39,40)27-8-6-5-7-9-27)12-15-28(23)42-29(21)19-34(3)31(38)32-24-10-13-26(41-4)14-11-24/h5-16,21-22,29,33,36H,17-20H2,1-4H3,(H,32,38)/t21-,22+,29-/m0/s1. The van der Waals surface area contributed by atoms with Crippen molar-refractivity contribution >= 4 is 33.3 Å². The Bertz CT molecular complexity index is 1520. The number of rotatable bonds is 9. The molecule has 11 nitrogen and oxygen atoms in total. The summed E-state index contributed by atoms with van der Waals surface area (Å²) in [6, 6.07) is 19.0. The number of aliphatic hydroxyl groups is 1. The summed E-state index contributed by atoms with van der Waals surface area (Å²) in [7, 11) is -0.634. The summed E-state index contributed by atoms with van der Waals surface area (Å²) < 4.78 is 40.1. The Hall–Kier alpha value is -4.29. The fourth-order valence-electron chi connectivity index (χ4n) is 4.77. The smallest absolute Gasteiger partial charge is 0.321 e. The van der Waals surface area contributed by atoms with Gasteiger partial charge in [0.1, 0.15) is 17.6 Å². The van der Waals surface area contributed by atoms with E-state index in [4.69, 9.17) is 9.47 Å². The number of carbonyl (C=O) groups is 2. The van der Waals surface area contributed by atoms with Crippen LogP contribution in [0.1, 0.15) is 19.4 Å². The number of methoxy groups -OCH3 is 1. The molecule has 0 radical (unpaired) electrons. The summed E-state index contributed by atoms with van der Waals surface area (Å²) in [5.74, 6) is 0.629. The molecule has 0 aliphatic carbocycles. The SMILES string of the molecule is COc1ccc(NC(=O)N(C)C[C@@H]2Oc3ccc(NS(=O)(=O)c4ccccc4)cc3CC(=O)N([C@H](C)CO)C[C@@H]2C)cc1. The number of likely N-dealkylation sites (N-methyl/N-ethyl adjacent to an activating group) is 1. The monoisotopic (exact) mass is 610 g/mol. The molecule has 3 aromatic carbocycles. The number of hydrogen-bond donors (Lipinski definition) is 3. The van der Waals surface area contributed by atoms with E-state index in [0.29, 0.717) is 29.3 Å². The van der Waals surface area contributed by atoms with Gasteiger partial charge in [-0.25, -0.2) is 13.2 Å². The molecule has 3 N–H and O–H groups in total. The van der Waals surface area contributed by atoms with E-state index in [1.54, 1.807) is 86.6 Å². The van der Waals surface area contributed by atoms with Gasteiger partial charge in [0.25, 0.3) is 10.0 Å². The molecule has 230 valence electrons. The lowest BCUT2D eigenvalue weighted by molar-refractivity contribution is -0.134. The second kappa shape index (κ2) is 13.8. The molecule has 1 heterocycles. The number of nitrogens with zero attached hydrogens (tertiary/aromatic N) is 2. The molecular formula is C31H38N4O7S. The van der Waals surface area contributed by atoms with Gasteiger partial charge in [-0.05, 0) is 61.5 Å². The Labute approximate surface area is 252 Å². The number of hydrogen-bond acceptors (Lipinski definition) is 7. The molecule has 0 saturated heterocycles. The maximum Gasteiger partial charge on any atom is 0.321 e. The summed E-state index contributed by atoms with van der Waals surface area (Å²) >= 11 is 0. The predicted molar refractivity (Wildman–Crippen MR) is 164 cm³/mol. The van der Waals surface area contributed by atoms with Gasteiger partial charge in [-0.1, -0.05) is 25.1 Å². The van der Waals surface area contributed by atoms with Crippen LogP contribution >= 0.6 is 0 Å². The molecule has 3 atom stereocenters. The second-order valence-electron chi connectivity index (χ2n) is 10.7. The predicted octanol–water partition coefficient (Wildman–Crippen LogP) is 3.81. The number of amides is 3. The summed E-state index contributed by atoms with van der Waals surface area (Å²) in [4.78, 5) is 29.7. The van der Waals surface area contributed by atoms with Crippen LogP contribution in [0.2, 0.25) is 0 Å². The highest BCUT2D eigenvalue weighted by molar-refractivity contribution is 7.92. The second-order valence-corrected chi connectivity index (χ2v) is 12.4. The van der Waals surface area contributed by atoms with Crippen LogP contribution in [0.25, 0.3) is 0 Å². The average Bonchev–Trinajstić information content (AvgIpc) is 3.04. The number of benzene rings is 3. The van der Waals surface area contributed by atoms with E-state index in [0.717, 1.165) is 0 Å². The van der Waals surface area contributed by atoms with Crippen molar-refractivity contribution in [2.45, 2.75) is 37.3 Å². The minimum atomic E-state index is -3.86. The van der Waals surface area contributed by atoms with Gasteiger partial charge in [-0.3, -0.25) is 9.52 Å². The van der Waals surface area contributed by atoms with Gasteiger partial charge in [0, 0.05) is 36.4 Å². The van der Waals surface area contributed by atoms with Crippen molar-refractivity contribution in [3.05, 3.63) is 78.4 Å². The first kappa shape index (κ1) is 31.6. The highest BCUT2D eigenvalue weighted by atomic mass is 32.2. The van der Waals surface area contributed by atoms with E-state index < -0.39 is 22.2 Å². The maximum absolute atomic E-state index is 13.5. The van der Waals surface area contributed by atoms with Gasteiger partial charge in [0.15, 0.2) is 0 Å². The number of nitrogens with one attached hydrogen (secondary N) is 2. The molecule has 3 amide bonds. The first-order valence-electron chi connectivity index (χ1n) is 13.9. The Morgan fingerprint density at radius 2 is 1.79 bits per heavy atom. The molecule has 43 heavy (non-hydrogen) atoms. The number of ether oxygens (including phenoxy) is 2. The summed E-state index contributed by atoms with van der Waals surface area (Å²) in [5.41, 5.74) is 1.36. The summed E-state index contributed by atoms with van der Waals surface area (Å²) in [6.07, 6.45) is -0.593. The lowest BCUT2D eigenvalue weighted by Gasteiger charge is -2.34. The third-order valence-electron chi connectivity index (χ3n) is 7.36. The van der Waals surface area contributed by atoms with Gasteiger partial charge in [0.2, 0.25) is 5.91 Å². The number of sulfonamides is 1. The van der Waals surface area contributed by atoms with E-state index in [2.05, 4.69) is 10.0 Å². The zero-order valence-electron chi connectivity index (χ0n) is 24.7. The highest BCUT2D eigenvalue weighted by Gasteiger charge is 2.32. The third-order valence-corrected chi connectivity index (χ3v) is 8.76. The van der Waals surface area contributed by atoms with Crippen LogP contribution in [0.15, 0.2) is 77.7 Å². The Morgan fingerprint density at radius 1 is 1.12 bits per heavy atom. The Kier molecular flexibility index (Phi) is 10.1. The highest BCUT2D eigenvalue weighted by Crippen LogP contribution is 2.30. The van der Waals surface area contributed by atoms with Crippen LogP contribution in [0.5, 0.6) is 11.5 Å². The van der Waals surface area contributed by atoms with E-state index in [1.165, 1.54) is 17.0 Å². The minimum Gasteiger partial charge on any atom is -0.497 e. The van der Waals surface area contributed by atoms with Crippen LogP contribution in [0.4, 0.5) is 16.2 Å². The van der Waals surface area contributed by atoms with Gasteiger partial charge in [-0.2, -0.15) is 0 Å². The number of anilines is 2. The number of aliphatic hydroxyl groups excluding tert-OH is 1. The molecule has 3 aromatic rings. The molecular weight excluding hydrogens is 572 g/mol. The van der Waals surface area contributed by atoms with Crippen LogP contribution in [0, 0.1) is 5.92 Å². The van der Waals surface area contributed by atoms with Gasteiger partial charge in [0.05, 0.1) is 37.6 Å². The molecule has 0 saturated carbocycles. The summed E-state index contributed by atoms with van der Waals surface area (Å²) in [6.45, 7) is 3.95. The molecule has 1 aliphatic heterocycles. The van der Waals surface area contributed by atoms with Gasteiger partial charge in [-0.15, -0.1) is 0 Å². The topological polar surface area (TPSA) is 138 Å². The fraction of sp³-hybridized carbons (Fsp3) is 0.355. The van der Waals surface area contributed by atoms with Crippen molar-refractivity contribution in [2.75, 3.05) is 43.9 Å². The molecule has 0 spiro atoms. The molecule has 0 unspecified atom stereocenters. The largest absolute Gasteiger partial charge is 0.497 e. The lowest BCUT2D eigenvalue weighted by atomic mass is 10.0. The van der Waals surface area contributed by atoms with Crippen molar-refractivity contribution < 1.29 is 32.6 Å². The zero-order valence-corrected chi connectivity index (χ0v) is 25.5. The normalized spacial score (nSPS) is 17.8. The van der Waals surface area contributed by atoms with Crippen LogP contribution < -0.4 is 19.5 Å². The molecule has 1 aliphatic rings. The van der Waals surface area contributed by atoms with Crippen LogP contribution in [0.3, 0.4) is 0 Å². The summed E-state index contributed by atoms with van der Waals surface area (Å²) in [5, 5.41) is 12.7. The fourth-order valence-corrected chi connectivity index (χ4v) is 5.84. The van der Waals surface area contributed by atoms with Crippen molar-refractivity contribution in [2.24, 2.45) is 5.92 Å². The molecule has 4 rings (SSSR count). The quantitative estimate of drug-likeness (QED) is 0.335. The third kappa shape index (κ3) is 7.96. The van der Waals surface area contributed by atoms with E-state index >= 15 is 0 Å². The van der Waals surface area contributed by atoms with Crippen LogP contribution in [-0.2, 0) is 21.2 Å². The minimum absolute atomic E-state index is 0.0617. The first-order valence-corrected chi connectivity index (χ1v) is 15.4. The number of fused-ring (bicyclic) bond motifs is 1. The molecule has 0 aromatic heterocycles. The lowest BCUT2D eigenvalue weighted by Crippen LogP contribution is -2.48. The van der Waals surface area contributed by atoms with Crippen LogP contribution in [-0.4, -0.2) is 81.3 Å². The molecule has 12 heteroatoms. The molecule has 0 bridgehead atoms. The van der Waals surface area contributed by atoms with Crippen molar-refractivity contribution in [3.8, 4) is 11.5 Å². The Morgan fingerprint density at radius 3 is 2.44 bits per heavy atom. The van der Waals surface area contributed by atoms with Gasteiger partial charge < -0.3 is 29.7 Å². The van der Waals surface area contributed by atoms with E-state index in [9.17, 15) is 23.1 Å². The van der Waals surface area contributed by atoms with E-state index in [1.807, 2.05) is 6.92 Å². The number of carbonyl (C=O) groups excluding carboxylic acids is 2. The van der Waals surface area contributed by atoms with Crippen molar-refractivity contribution in [1.82, 2.24) is 9.80 Å². The first-order chi connectivity index (χ1) is 20.5. The van der Waals surface area contributed by atoms with Gasteiger partial charge >= 0.3 is 6.03 Å². The Balaban J connectivity index is 1.59. The van der Waals surface area contributed by atoms with Crippen molar-refractivity contribution in [3.63, 3.8) is 0 Å². The zero-order chi connectivity index (χ0) is 31.1. The van der Waals surface area contributed by atoms with Crippen molar-refractivity contribution in [1.29, 1.82) is 0 Å². The molecule has 0 fully saturated rings.